The van der Waals surface area contributed by atoms with Crippen molar-refractivity contribution >= 4 is 40.8 Å². The fourth-order valence-electron chi connectivity index (χ4n) is 3.16. The van der Waals surface area contributed by atoms with E-state index in [1.807, 2.05) is 11.8 Å². The number of hydrogen-bond acceptors (Lipinski definition) is 4. The van der Waals surface area contributed by atoms with Gasteiger partial charge >= 0.3 is 0 Å². The third-order valence-corrected chi connectivity index (χ3v) is 5.19. The second-order valence-electron chi connectivity index (χ2n) is 6.50. The first kappa shape index (κ1) is 19.5. The van der Waals surface area contributed by atoms with Crippen molar-refractivity contribution in [2.24, 2.45) is 5.73 Å². The van der Waals surface area contributed by atoms with Crippen molar-refractivity contribution in [2.45, 2.75) is 32.2 Å². The number of rotatable bonds is 5. The monoisotopic (exact) mass is 409 g/mol. The summed E-state index contributed by atoms with van der Waals surface area (Å²) in [5.41, 5.74) is 6.99. The van der Waals surface area contributed by atoms with E-state index >= 15 is 0 Å². The number of primary amides is 1. The number of nitrogens with two attached hydrogens (primary N) is 1. The summed E-state index contributed by atoms with van der Waals surface area (Å²) >= 11 is 12.1. The molecule has 0 bridgehead atoms. The summed E-state index contributed by atoms with van der Waals surface area (Å²) in [5, 5.41) is 3.84. The maximum atomic E-state index is 12.4. The lowest BCUT2D eigenvalue weighted by Crippen LogP contribution is -2.45. The Bertz CT molecular complexity index is 859. The number of aromatic amines is 1. The Morgan fingerprint density at radius 2 is 2.00 bits per heavy atom. The highest BCUT2D eigenvalue weighted by atomic mass is 35.5. The number of pyridine rings is 1. The van der Waals surface area contributed by atoms with Crippen molar-refractivity contribution in [2.75, 3.05) is 18.0 Å². The quantitative estimate of drug-likeness (QED) is 0.660. The van der Waals surface area contributed by atoms with Gasteiger partial charge in [-0.05, 0) is 37.5 Å². The van der Waals surface area contributed by atoms with Crippen LogP contribution in [0.5, 0.6) is 0 Å². The number of nitrogens with zero attached hydrogens (tertiary/aromatic N) is 2. The van der Waals surface area contributed by atoms with E-state index in [-0.39, 0.29) is 17.1 Å². The molecule has 0 aliphatic carbocycles. The van der Waals surface area contributed by atoms with Gasteiger partial charge in [0, 0.05) is 30.4 Å². The van der Waals surface area contributed by atoms with E-state index in [2.05, 4.69) is 15.3 Å². The molecule has 1 aliphatic rings. The highest BCUT2D eigenvalue weighted by molar-refractivity contribution is 6.31. The largest absolute Gasteiger partial charge is 0.366 e. The van der Waals surface area contributed by atoms with E-state index in [4.69, 9.17) is 28.9 Å². The number of aryl methyl sites for hydroxylation is 1. The molecule has 2 aromatic rings. The molecule has 0 aromatic carbocycles. The zero-order valence-corrected chi connectivity index (χ0v) is 16.4. The van der Waals surface area contributed by atoms with Gasteiger partial charge in [0.1, 0.15) is 16.7 Å². The van der Waals surface area contributed by atoms with Crippen LogP contribution in [0, 0.1) is 0 Å². The van der Waals surface area contributed by atoms with E-state index in [0.29, 0.717) is 35.2 Å². The van der Waals surface area contributed by atoms with Crippen LogP contribution >= 0.6 is 23.2 Å². The molecule has 144 valence electrons. The van der Waals surface area contributed by atoms with Crippen molar-refractivity contribution in [3.8, 4) is 0 Å². The van der Waals surface area contributed by atoms with Crippen LogP contribution in [0.15, 0.2) is 18.2 Å². The Labute approximate surface area is 167 Å². The SMILES string of the molecule is CCc1[nH]c(C(=O)NC2CCN(c3cc(C(N)=O)cc(Cl)n3)CC2)cc1Cl. The van der Waals surface area contributed by atoms with Crippen molar-refractivity contribution in [3.05, 3.63) is 45.3 Å². The van der Waals surface area contributed by atoms with E-state index in [0.717, 1.165) is 25.0 Å². The first-order valence-corrected chi connectivity index (χ1v) is 9.53. The van der Waals surface area contributed by atoms with Crippen LogP contribution in [-0.4, -0.2) is 40.9 Å². The number of nitrogens with one attached hydrogen (secondary N) is 2. The second-order valence-corrected chi connectivity index (χ2v) is 7.29. The summed E-state index contributed by atoms with van der Waals surface area (Å²) in [6, 6.07) is 4.80. The summed E-state index contributed by atoms with van der Waals surface area (Å²) in [6.45, 7) is 3.34. The first-order valence-electron chi connectivity index (χ1n) is 8.78. The van der Waals surface area contributed by atoms with Crippen molar-refractivity contribution < 1.29 is 9.59 Å². The smallest absolute Gasteiger partial charge is 0.267 e. The topological polar surface area (TPSA) is 104 Å². The molecule has 0 atom stereocenters. The van der Waals surface area contributed by atoms with E-state index in [1.165, 1.54) is 6.07 Å². The molecule has 1 saturated heterocycles. The number of carbonyl (C=O) groups is 2. The second kappa shape index (κ2) is 8.19. The van der Waals surface area contributed by atoms with E-state index in [9.17, 15) is 9.59 Å². The molecule has 1 aliphatic heterocycles. The van der Waals surface area contributed by atoms with Crippen LogP contribution in [0.25, 0.3) is 0 Å². The van der Waals surface area contributed by atoms with Crippen LogP contribution in [0.1, 0.15) is 46.3 Å². The number of anilines is 1. The minimum atomic E-state index is -0.543. The molecule has 9 heteroatoms. The maximum absolute atomic E-state index is 12.4. The summed E-state index contributed by atoms with van der Waals surface area (Å²) < 4.78 is 0. The van der Waals surface area contributed by atoms with Crippen LogP contribution in [0.4, 0.5) is 5.82 Å². The molecule has 0 radical (unpaired) electrons. The minimum absolute atomic E-state index is 0.0516. The van der Waals surface area contributed by atoms with Crippen LogP contribution in [-0.2, 0) is 6.42 Å². The lowest BCUT2D eigenvalue weighted by Gasteiger charge is -2.33. The zero-order chi connectivity index (χ0) is 19.6. The zero-order valence-electron chi connectivity index (χ0n) is 14.9. The van der Waals surface area contributed by atoms with Gasteiger partial charge in [-0.3, -0.25) is 9.59 Å². The summed E-state index contributed by atoms with van der Waals surface area (Å²) in [6.07, 6.45) is 2.24. The van der Waals surface area contributed by atoms with Gasteiger partial charge in [0.25, 0.3) is 5.91 Å². The molecule has 0 unspecified atom stereocenters. The van der Waals surface area contributed by atoms with Gasteiger partial charge < -0.3 is 20.9 Å². The highest BCUT2D eigenvalue weighted by Crippen LogP contribution is 2.23. The third-order valence-electron chi connectivity index (χ3n) is 4.66. The normalized spacial score (nSPS) is 15.0. The molecule has 7 nitrogen and oxygen atoms in total. The van der Waals surface area contributed by atoms with Gasteiger partial charge in [-0.2, -0.15) is 0 Å². The number of hydrogen-bond donors (Lipinski definition) is 3. The number of carbonyl (C=O) groups excluding carboxylic acids is 2. The number of halogens is 2. The van der Waals surface area contributed by atoms with Crippen LogP contribution in [0.3, 0.4) is 0 Å². The summed E-state index contributed by atoms with van der Waals surface area (Å²) in [7, 11) is 0. The fraction of sp³-hybridized carbons (Fsp3) is 0.389. The van der Waals surface area contributed by atoms with Gasteiger partial charge in [-0.15, -0.1) is 0 Å². The lowest BCUT2D eigenvalue weighted by molar-refractivity contribution is 0.0925. The molecular formula is C18H21Cl2N5O2. The molecule has 27 heavy (non-hydrogen) atoms. The van der Waals surface area contributed by atoms with Crippen molar-refractivity contribution in [1.29, 1.82) is 0 Å². The first-order chi connectivity index (χ1) is 12.9. The van der Waals surface area contributed by atoms with Gasteiger partial charge in [-0.25, -0.2) is 4.98 Å². The molecule has 2 aromatic heterocycles. The number of H-pyrrole nitrogens is 1. The minimum Gasteiger partial charge on any atom is -0.366 e. The Hall–Kier alpha value is -2.25. The number of piperidine rings is 1. The Balaban J connectivity index is 1.60. The molecule has 0 saturated carbocycles. The fourth-order valence-corrected chi connectivity index (χ4v) is 3.65. The summed E-state index contributed by atoms with van der Waals surface area (Å²) in [5.74, 6) is -0.0875. The van der Waals surface area contributed by atoms with Crippen molar-refractivity contribution in [3.63, 3.8) is 0 Å². The molecule has 3 heterocycles. The average Bonchev–Trinajstić information content (AvgIpc) is 3.02. The van der Waals surface area contributed by atoms with Crippen molar-refractivity contribution in [1.82, 2.24) is 15.3 Å². The molecule has 1 fully saturated rings. The van der Waals surface area contributed by atoms with Crippen LogP contribution < -0.4 is 16.0 Å². The Morgan fingerprint density at radius 1 is 1.30 bits per heavy atom. The summed E-state index contributed by atoms with van der Waals surface area (Å²) in [4.78, 5) is 33.2. The number of aromatic nitrogens is 2. The maximum Gasteiger partial charge on any atom is 0.267 e. The highest BCUT2D eigenvalue weighted by Gasteiger charge is 2.23. The Kier molecular flexibility index (Phi) is 5.92. The predicted octanol–water partition coefficient (Wildman–Crippen LogP) is 2.78. The molecule has 3 rings (SSSR count). The molecule has 2 amide bonds. The molecular weight excluding hydrogens is 389 g/mol. The lowest BCUT2D eigenvalue weighted by atomic mass is 10.0. The van der Waals surface area contributed by atoms with Gasteiger partial charge in [0.15, 0.2) is 0 Å². The molecule has 0 spiro atoms. The van der Waals surface area contributed by atoms with E-state index < -0.39 is 5.91 Å². The Morgan fingerprint density at radius 3 is 2.59 bits per heavy atom. The predicted molar refractivity (Wildman–Crippen MR) is 106 cm³/mol. The third kappa shape index (κ3) is 4.54. The van der Waals surface area contributed by atoms with Gasteiger partial charge in [0.2, 0.25) is 5.91 Å². The standard InChI is InChI=1S/C18H21Cl2N5O2/c1-2-13-12(19)9-14(23-13)18(27)22-11-3-5-25(6-4-11)16-8-10(17(21)26)7-15(20)24-16/h7-9,11,23H,2-6H2,1H3,(H2,21,26)(H,22,27). The molecule has 4 N–H and O–H groups in total. The van der Waals surface area contributed by atoms with E-state index in [1.54, 1.807) is 12.1 Å². The van der Waals surface area contributed by atoms with Crippen LogP contribution in [0.2, 0.25) is 10.2 Å². The van der Waals surface area contributed by atoms with Gasteiger partial charge in [0.05, 0.1) is 5.02 Å². The average molecular weight is 410 g/mol. The number of amides is 2. The van der Waals surface area contributed by atoms with Gasteiger partial charge in [-0.1, -0.05) is 30.1 Å².